The maximum Gasteiger partial charge on any atom is 0.220 e. The lowest BCUT2D eigenvalue weighted by molar-refractivity contribution is 0.339. The summed E-state index contributed by atoms with van der Waals surface area (Å²) in [6, 6.07) is 0. The van der Waals surface area contributed by atoms with Crippen LogP contribution in [-0.4, -0.2) is 9.97 Å². The van der Waals surface area contributed by atoms with E-state index in [1.165, 1.54) is 12.0 Å². The average molecular weight is 191 g/mol. The van der Waals surface area contributed by atoms with Crippen molar-refractivity contribution in [3.63, 3.8) is 0 Å². The van der Waals surface area contributed by atoms with Gasteiger partial charge in [0.25, 0.3) is 0 Å². The minimum Gasteiger partial charge on any atom is -0.368 e. The van der Waals surface area contributed by atoms with Crippen LogP contribution >= 0.6 is 0 Å². The molecule has 0 aliphatic heterocycles. The molecule has 2 rings (SSSR count). The number of fused-ring (bicyclic) bond motifs is 1. The quantitative estimate of drug-likeness (QED) is 0.736. The molecule has 0 saturated carbocycles. The van der Waals surface area contributed by atoms with Gasteiger partial charge < -0.3 is 5.73 Å². The van der Waals surface area contributed by atoms with Gasteiger partial charge in [0.05, 0.1) is 0 Å². The summed E-state index contributed by atoms with van der Waals surface area (Å²) in [4.78, 5) is 8.33. The predicted octanol–water partition coefficient (Wildman–Crippen LogP) is 1.82. The largest absolute Gasteiger partial charge is 0.368 e. The van der Waals surface area contributed by atoms with Gasteiger partial charge in [0, 0.05) is 11.9 Å². The third-order valence-corrected chi connectivity index (χ3v) is 3.15. The third kappa shape index (κ3) is 1.72. The van der Waals surface area contributed by atoms with Crippen LogP contribution in [0.3, 0.4) is 0 Å². The van der Waals surface area contributed by atoms with Gasteiger partial charge in [-0.05, 0) is 36.7 Å². The maximum atomic E-state index is 5.55. The number of anilines is 1. The van der Waals surface area contributed by atoms with E-state index in [0.717, 1.165) is 30.4 Å². The van der Waals surface area contributed by atoms with Crippen molar-refractivity contribution in [3.05, 3.63) is 17.5 Å². The van der Waals surface area contributed by atoms with Crippen molar-refractivity contribution in [3.8, 4) is 0 Å². The van der Waals surface area contributed by atoms with Crippen LogP contribution < -0.4 is 5.73 Å². The molecule has 3 nitrogen and oxygen atoms in total. The number of nitrogens with two attached hydrogens (primary N) is 1. The SMILES string of the molecule is CC(C)C1CCc2nc(N)ncc2C1. The molecule has 1 aliphatic carbocycles. The molecule has 1 aliphatic rings. The van der Waals surface area contributed by atoms with Gasteiger partial charge in [0.15, 0.2) is 0 Å². The van der Waals surface area contributed by atoms with E-state index < -0.39 is 0 Å². The highest BCUT2D eigenvalue weighted by Gasteiger charge is 2.22. The van der Waals surface area contributed by atoms with Crippen molar-refractivity contribution >= 4 is 5.95 Å². The number of nitrogen functional groups attached to an aromatic ring is 1. The normalized spacial score (nSPS) is 20.9. The van der Waals surface area contributed by atoms with E-state index in [0.29, 0.717) is 5.95 Å². The fourth-order valence-corrected chi connectivity index (χ4v) is 2.12. The summed E-state index contributed by atoms with van der Waals surface area (Å²) < 4.78 is 0. The number of rotatable bonds is 1. The maximum absolute atomic E-state index is 5.55. The van der Waals surface area contributed by atoms with Crippen LogP contribution in [0.5, 0.6) is 0 Å². The van der Waals surface area contributed by atoms with Gasteiger partial charge in [-0.1, -0.05) is 13.8 Å². The lowest BCUT2D eigenvalue weighted by Crippen LogP contribution is -2.20. The molecule has 0 aromatic carbocycles. The van der Waals surface area contributed by atoms with Crippen LogP contribution in [-0.2, 0) is 12.8 Å². The molecule has 1 aromatic rings. The van der Waals surface area contributed by atoms with Crippen molar-refractivity contribution in [1.82, 2.24) is 9.97 Å². The minimum absolute atomic E-state index is 0.409. The Labute approximate surface area is 84.8 Å². The van der Waals surface area contributed by atoms with Crippen LogP contribution in [0.25, 0.3) is 0 Å². The van der Waals surface area contributed by atoms with Crippen molar-refractivity contribution in [1.29, 1.82) is 0 Å². The van der Waals surface area contributed by atoms with Gasteiger partial charge >= 0.3 is 0 Å². The number of nitrogens with zero attached hydrogens (tertiary/aromatic N) is 2. The first kappa shape index (κ1) is 9.44. The molecular weight excluding hydrogens is 174 g/mol. The van der Waals surface area contributed by atoms with Crippen LogP contribution in [0.15, 0.2) is 6.20 Å². The summed E-state index contributed by atoms with van der Waals surface area (Å²) in [6.07, 6.45) is 5.31. The van der Waals surface area contributed by atoms with Gasteiger partial charge in [-0.3, -0.25) is 0 Å². The topological polar surface area (TPSA) is 51.8 Å². The summed E-state index contributed by atoms with van der Waals surface area (Å²) in [5, 5.41) is 0. The molecule has 14 heavy (non-hydrogen) atoms. The molecule has 1 aromatic heterocycles. The molecule has 1 atom stereocenters. The Balaban J connectivity index is 2.23. The fourth-order valence-electron chi connectivity index (χ4n) is 2.12. The van der Waals surface area contributed by atoms with Crippen LogP contribution in [0, 0.1) is 11.8 Å². The highest BCUT2D eigenvalue weighted by molar-refractivity contribution is 5.27. The van der Waals surface area contributed by atoms with Gasteiger partial charge in [0.1, 0.15) is 0 Å². The zero-order chi connectivity index (χ0) is 10.1. The monoisotopic (exact) mass is 191 g/mol. The number of aromatic nitrogens is 2. The molecule has 76 valence electrons. The zero-order valence-electron chi connectivity index (χ0n) is 8.83. The van der Waals surface area contributed by atoms with E-state index >= 15 is 0 Å². The molecule has 0 bridgehead atoms. The number of hydrogen-bond donors (Lipinski definition) is 1. The molecule has 2 N–H and O–H groups in total. The van der Waals surface area contributed by atoms with Gasteiger partial charge in [0.2, 0.25) is 5.95 Å². The molecule has 0 fully saturated rings. The summed E-state index contributed by atoms with van der Waals surface area (Å²) >= 11 is 0. The summed E-state index contributed by atoms with van der Waals surface area (Å²) in [7, 11) is 0. The second-order valence-corrected chi connectivity index (χ2v) is 4.45. The number of aryl methyl sites for hydroxylation is 1. The second-order valence-electron chi connectivity index (χ2n) is 4.45. The fraction of sp³-hybridized carbons (Fsp3) is 0.636. The highest BCUT2D eigenvalue weighted by atomic mass is 15.0. The first-order valence-corrected chi connectivity index (χ1v) is 5.27. The third-order valence-electron chi connectivity index (χ3n) is 3.15. The van der Waals surface area contributed by atoms with E-state index in [2.05, 4.69) is 23.8 Å². The summed E-state index contributed by atoms with van der Waals surface area (Å²) in [5.74, 6) is 1.95. The lowest BCUT2D eigenvalue weighted by Gasteiger charge is -2.26. The minimum atomic E-state index is 0.409. The highest BCUT2D eigenvalue weighted by Crippen LogP contribution is 2.28. The van der Waals surface area contributed by atoms with Crippen molar-refractivity contribution in [2.45, 2.75) is 33.1 Å². The Morgan fingerprint density at radius 3 is 3.00 bits per heavy atom. The predicted molar refractivity (Wildman–Crippen MR) is 56.8 cm³/mol. The first-order chi connectivity index (χ1) is 6.66. The Hall–Kier alpha value is -1.12. The molecule has 1 heterocycles. The molecule has 0 spiro atoms. The van der Waals surface area contributed by atoms with Crippen LogP contribution in [0.2, 0.25) is 0 Å². The number of hydrogen-bond acceptors (Lipinski definition) is 3. The Kier molecular flexibility index (Phi) is 2.40. The van der Waals surface area contributed by atoms with Gasteiger partial charge in [-0.15, -0.1) is 0 Å². The van der Waals surface area contributed by atoms with E-state index in [9.17, 15) is 0 Å². The Bertz CT molecular complexity index is 333. The zero-order valence-corrected chi connectivity index (χ0v) is 8.83. The summed E-state index contributed by atoms with van der Waals surface area (Å²) in [6.45, 7) is 4.57. The van der Waals surface area contributed by atoms with Crippen LogP contribution in [0.1, 0.15) is 31.5 Å². The molecule has 1 unspecified atom stereocenters. The van der Waals surface area contributed by atoms with E-state index in [1.807, 2.05) is 6.20 Å². The van der Waals surface area contributed by atoms with E-state index in [4.69, 9.17) is 5.73 Å². The van der Waals surface area contributed by atoms with Gasteiger partial charge in [-0.25, -0.2) is 9.97 Å². The first-order valence-electron chi connectivity index (χ1n) is 5.27. The van der Waals surface area contributed by atoms with Crippen molar-refractivity contribution < 1.29 is 0 Å². The molecular formula is C11H17N3. The molecule has 0 saturated heterocycles. The molecule has 3 heteroatoms. The Morgan fingerprint density at radius 2 is 2.29 bits per heavy atom. The van der Waals surface area contributed by atoms with E-state index in [1.54, 1.807) is 0 Å². The Morgan fingerprint density at radius 1 is 1.50 bits per heavy atom. The van der Waals surface area contributed by atoms with Gasteiger partial charge in [-0.2, -0.15) is 0 Å². The molecule has 0 radical (unpaired) electrons. The standard InChI is InChI=1S/C11H17N3/c1-7(2)8-3-4-10-9(5-8)6-13-11(12)14-10/h6-8H,3-5H2,1-2H3,(H2,12,13,14). The second kappa shape index (κ2) is 3.56. The average Bonchev–Trinajstić information content (AvgIpc) is 2.16. The van der Waals surface area contributed by atoms with Crippen molar-refractivity contribution in [2.24, 2.45) is 11.8 Å². The summed E-state index contributed by atoms with van der Waals surface area (Å²) in [5.41, 5.74) is 8.01. The molecule has 0 amide bonds. The van der Waals surface area contributed by atoms with Crippen LogP contribution in [0.4, 0.5) is 5.95 Å². The van der Waals surface area contributed by atoms with E-state index in [-0.39, 0.29) is 0 Å². The van der Waals surface area contributed by atoms with Crippen molar-refractivity contribution in [2.75, 3.05) is 5.73 Å². The lowest BCUT2D eigenvalue weighted by atomic mass is 9.80. The smallest absolute Gasteiger partial charge is 0.220 e.